The van der Waals surface area contributed by atoms with Gasteiger partial charge in [-0.15, -0.1) is 0 Å². The zero-order chi connectivity index (χ0) is 18.4. The number of carbonyl (C=O) groups excluding carboxylic acids is 1. The van der Waals surface area contributed by atoms with Gasteiger partial charge < -0.3 is 20.5 Å². The van der Waals surface area contributed by atoms with Gasteiger partial charge in [-0.3, -0.25) is 0 Å². The Bertz CT molecular complexity index is 749. The first-order valence-corrected chi connectivity index (χ1v) is 7.90. The van der Waals surface area contributed by atoms with Crippen LogP contribution in [0.3, 0.4) is 0 Å². The number of nitrogens with one attached hydrogen (secondary N) is 2. The van der Waals surface area contributed by atoms with E-state index in [1.165, 1.54) is 12.1 Å². The van der Waals surface area contributed by atoms with E-state index < -0.39 is 5.97 Å². The van der Waals surface area contributed by atoms with Gasteiger partial charge in [0.05, 0.1) is 11.3 Å². The highest BCUT2D eigenvalue weighted by atomic mass is 16.5. The van der Waals surface area contributed by atoms with Crippen LogP contribution < -0.4 is 15.4 Å². The number of para-hydroxylation sites is 2. The SMILES string of the molecule is CC(C)(C)Oc1ccccc1NC(=O)NCc1ccc(C(=O)O)cc1. The quantitative estimate of drug-likeness (QED) is 0.769. The van der Waals surface area contributed by atoms with E-state index in [-0.39, 0.29) is 23.7 Å². The zero-order valence-corrected chi connectivity index (χ0v) is 14.5. The number of aromatic carboxylic acids is 1. The largest absolute Gasteiger partial charge is 0.486 e. The van der Waals surface area contributed by atoms with Gasteiger partial charge in [-0.2, -0.15) is 0 Å². The molecule has 0 aliphatic heterocycles. The van der Waals surface area contributed by atoms with E-state index in [0.29, 0.717) is 11.4 Å². The normalized spacial score (nSPS) is 10.8. The van der Waals surface area contributed by atoms with Crippen molar-refractivity contribution in [2.75, 3.05) is 5.32 Å². The van der Waals surface area contributed by atoms with Gasteiger partial charge in [0.1, 0.15) is 11.4 Å². The van der Waals surface area contributed by atoms with Crippen LogP contribution in [0.4, 0.5) is 10.5 Å². The highest BCUT2D eigenvalue weighted by Crippen LogP contribution is 2.27. The molecule has 0 aromatic heterocycles. The third-order valence-electron chi connectivity index (χ3n) is 3.21. The minimum Gasteiger partial charge on any atom is -0.486 e. The van der Waals surface area contributed by atoms with Crippen molar-refractivity contribution in [3.63, 3.8) is 0 Å². The van der Waals surface area contributed by atoms with E-state index >= 15 is 0 Å². The summed E-state index contributed by atoms with van der Waals surface area (Å²) in [6, 6.07) is 13.2. The molecule has 2 amide bonds. The van der Waals surface area contributed by atoms with E-state index in [1.807, 2.05) is 32.9 Å². The van der Waals surface area contributed by atoms with Crippen LogP contribution in [0.15, 0.2) is 48.5 Å². The maximum absolute atomic E-state index is 12.1. The molecule has 6 heteroatoms. The van der Waals surface area contributed by atoms with Gasteiger partial charge in [0.15, 0.2) is 0 Å². The lowest BCUT2D eigenvalue weighted by molar-refractivity contribution is 0.0696. The second-order valence-electron chi connectivity index (χ2n) is 6.52. The Hall–Kier alpha value is -3.02. The van der Waals surface area contributed by atoms with Gasteiger partial charge in [0.2, 0.25) is 0 Å². The highest BCUT2D eigenvalue weighted by Gasteiger charge is 2.15. The smallest absolute Gasteiger partial charge is 0.335 e. The molecule has 0 atom stereocenters. The summed E-state index contributed by atoms with van der Waals surface area (Å²) < 4.78 is 5.83. The van der Waals surface area contributed by atoms with Crippen molar-refractivity contribution in [3.8, 4) is 5.75 Å². The summed E-state index contributed by atoms with van der Waals surface area (Å²) in [5, 5.41) is 14.4. The van der Waals surface area contributed by atoms with Crippen molar-refractivity contribution in [2.45, 2.75) is 32.9 Å². The number of carboxylic acid groups (broad SMARTS) is 1. The Labute approximate surface area is 146 Å². The van der Waals surface area contributed by atoms with Crippen LogP contribution in [0.5, 0.6) is 5.75 Å². The molecule has 0 aliphatic carbocycles. The molecular weight excluding hydrogens is 320 g/mol. The predicted octanol–water partition coefficient (Wildman–Crippen LogP) is 3.88. The van der Waals surface area contributed by atoms with Crippen LogP contribution in [0.2, 0.25) is 0 Å². The molecular formula is C19H22N2O4. The van der Waals surface area contributed by atoms with Gasteiger partial charge in [-0.25, -0.2) is 9.59 Å². The van der Waals surface area contributed by atoms with E-state index in [1.54, 1.807) is 24.3 Å². The van der Waals surface area contributed by atoms with Crippen LogP contribution in [-0.4, -0.2) is 22.7 Å². The molecule has 0 unspecified atom stereocenters. The summed E-state index contributed by atoms with van der Waals surface area (Å²) in [6.07, 6.45) is 0. The van der Waals surface area contributed by atoms with Crippen LogP contribution >= 0.6 is 0 Å². The Balaban J connectivity index is 1.95. The standard InChI is InChI=1S/C19H22N2O4/c1-19(2,3)25-16-7-5-4-6-15(16)21-18(24)20-12-13-8-10-14(11-9-13)17(22)23/h4-11H,12H2,1-3H3,(H,22,23)(H2,20,21,24). The number of benzene rings is 2. The van der Waals surface area contributed by atoms with Crippen molar-refractivity contribution < 1.29 is 19.4 Å². The Morgan fingerprint density at radius 2 is 1.68 bits per heavy atom. The maximum Gasteiger partial charge on any atom is 0.335 e. The first-order valence-electron chi connectivity index (χ1n) is 7.90. The molecule has 25 heavy (non-hydrogen) atoms. The number of anilines is 1. The molecule has 0 fully saturated rings. The number of carbonyl (C=O) groups is 2. The average Bonchev–Trinajstić information content (AvgIpc) is 2.54. The molecule has 2 aromatic carbocycles. The van der Waals surface area contributed by atoms with Gasteiger partial charge in [-0.1, -0.05) is 24.3 Å². The molecule has 0 heterocycles. The third kappa shape index (κ3) is 5.84. The number of hydrogen-bond donors (Lipinski definition) is 3. The first kappa shape index (κ1) is 18.3. The van der Waals surface area contributed by atoms with Crippen LogP contribution in [0, 0.1) is 0 Å². The monoisotopic (exact) mass is 342 g/mol. The van der Waals surface area contributed by atoms with E-state index in [2.05, 4.69) is 10.6 Å². The molecule has 6 nitrogen and oxygen atoms in total. The topological polar surface area (TPSA) is 87.7 Å². The number of rotatable bonds is 5. The fraction of sp³-hybridized carbons (Fsp3) is 0.263. The van der Waals surface area contributed by atoms with Crippen molar-refractivity contribution >= 4 is 17.7 Å². The minimum atomic E-state index is -0.979. The number of ether oxygens (including phenoxy) is 1. The molecule has 0 saturated heterocycles. The second kappa shape index (κ2) is 7.70. The summed E-state index contributed by atoms with van der Waals surface area (Å²) >= 11 is 0. The van der Waals surface area contributed by atoms with Crippen LogP contribution in [0.25, 0.3) is 0 Å². The zero-order valence-electron chi connectivity index (χ0n) is 14.5. The number of carboxylic acids is 1. The predicted molar refractivity (Wildman–Crippen MR) is 96.1 cm³/mol. The molecule has 132 valence electrons. The highest BCUT2D eigenvalue weighted by molar-refractivity contribution is 5.91. The van der Waals surface area contributed by atoms with Gasteiger partial charge in [-0.05, 0) is 50.6 Å². The van der Waals surface area contributed by atoms with Crippen molar-refractivity contribution in [2.24, 2.45) is 0 Å². The van der Waals surface area contributed by atoms with Crippen molar-refractivity contribution in [1.29, 1.82) is 0 Å². The fourth-order valence-corrected chi connectivity index (χ4v) is 2.10. The van der Waals surface area contributed by atoms with Crippen LogP contribution in [-0.2, 0) is 6.54 Å². The molecule has 0 aliphatic rings. The summed E-state index contributed by atoms with van der Waals surface area (Å²) in [5.41, 5.74) is 1.22. The van der Waals surface area contributed by atoms with E-state index in [4.69, 9.17) is 9.84 Å². The number of amides is 2. The summed E-state index contributed by atoms with van der Waals surface area (Å²) in [4.78, 5) is 22.9. The van der Waals surface area contributed by atoms with Gasteiger partial charge in [0.25, 0.3) is 0 Å². The molecule has 3 N–H and O–H groups in total. The van der Waals surface area contributed by atoms with Gasteiger partial charge >= 0.3 is 12.0 Å². The average molecular weight is 342 g/mol. The molecule has 2 aromatic rings. The Morgan fingerprint density at radius 1 is 1.04 bits per heavy atom. The summed E-state index contributed by atoms with van der Waals surface area (Å²) in [7, 11) is 0. The molecule has 0 spiro atoms. The Kier molecular flexibility index (Phi) is 5.64. The lowest BCUT2D eigenvalue weighted by atomic mass is 10.1. The Morgan fingerprint density at radius 3 is 2.28 bits per heavy atom. The second-order valence-corrected chi connectivity index (χ2v) is 6.52. The van der Waals surface area contributed by atoms with Gasteiger partial charge in [0, 0.05) is 6.54 Å². The summed E-state index contributed by atoms with van der Waals surface area (Å²) in [6.45, 7) is 6.09. The summed E-state index contributed by atoms with van der Waals surface area (Å²) in [5.74, 6) is -0.385. The lowest BCUT2D eigenvalue weighted by Gasteiger charge is -2.23. The third-order valence-corrected chi connectivity index (χ3v) is 3.21. The molecule has 2 rings (SSSR count). The van der Waals surface area contributed by atoms with Crippen molar-refractivity contribution in [3.05, 3.63) is 59.7 Å². The van der Waals surface area contributed by atoms with E-state index in [9.17, 15) is 9.59 Å². The number of hydrogen-bond acceptors (Lipinski definition) is 3. The van der Waals surface area contributed by atoms with E-state index in [0.717, 1.165) is 5.56 Å². The molecule has 0 bridgehead atoms. The van der Waals surface area contributed by atoms with Crippen molar-refractivity contribution in [1.82, 2.24) is 5.32 Å². The first-order chi connectivity index (χ1) is 11.7. The lowest BCUT2D eigenvalue weighted by Crippen LogP contribution is -2.29. The maximum atomic E-state index is 12.1. The fourth-order valence-electron chi connectivity index (χ4n) is 2.10. The van der Waals surface area contributed by atoms with Crippen LogP contribution in [0.1, 0.15) is 36.7 Å². The number of urea groups is 1. The molecule has 0 radical (unpaired) electrons. The minimum absolute atomic E-state index is 0.210. The molecule has 0 saturated carbocycles.